The highest BCUT2D eigenvalue weighted by molar-refractivity contribution is 5.94. The normalized spacial score (nSPS) is 20.9. The van der Waals surface area contributed by atoms with Crippen LogP contribution in [0.4, 0.5) is 0 Å². The molecule has 0 N–H and O–H groups in total. The van der Waals surface area contributed by atoms with Crippen molar-refractivity contribution in [3.63, 3.8) is 0 Å². The first-order chi connectivity index (χ1) is 6.77. The van der Waals surface area contributed by atoms with Crippen LogP contribution in [-0.2, 0) is 9.59 Å². The molecule has 2 aliphatic rings. The zero-order chi connectivity index (χ0) is 9.97. The van der Waals surface area contributed by atoms with Gasteiger partial charge < -0.3 is 0 Å². The third kappa shape index (κ3) is 1.49. The van der Waals surface area contributed by atoms with E-state index in [9.17, 15) is 9.59 Å². The van der Waals surface area contributed by atoms with E-state index in [1.807, 2.05) is 0 Å². The molecule has 0 saturated carbocycles. The Morgan fingerprint density at radius 1 is 1.00 bits per heavy atom. The summed E-state index contributed by atoms with van der Waals surface area (Å²) in [4.78, 5) is 21.9. The van der Waals surface area contributed by atoms with Crippen molar-refractivity contribution in [3.8, 4) is 0 Å². The van der Waals surface area contributed by atoms with Crippen molar-refractivity contribution in [2.75, 3.05) is 0 Å². The number of rotatable bonds is 2. The molecule has 0 spiro atoms. The number of hydrogen-bond acceptors (Lipinski definition) is 6. The van der Waals surface area contributed by atoms with Crippen molar-refractivity contribution in [1.29, 1.82) is 0 Å². The van der Waals surface area contributed by atoms with Gasteiger partial charge in [-0.05, 0) is 10.4 Å². The molecule has 0 aromatic rings. The molecule has 0 radical (unpaired) electrons. The summed E-state index contributed by atoms with van der Waals surface area (Å²) in [5.41, 5.74) is 0. The monoisotopic (exact) mass is 194 g/mol. The van der Waals surface area contributed by atoms with Crippen molar-refractivity contribution >= 4 is 24.2 Å². The van der Waals surface area contributed by atoms with Gasteiger partial charge in [0.1, 0.15) is 0 Å². The summed E-state index contributed by atoms with van der Waals surface area (Å²) < 4.78 is 0. The lowest BCUT2D eigenvalue weighted by molar-refractivity contribution is -0.132. The van der Waals surface area contributed by atoms with E-state index in [0.717, 1.165) is 10.2 Å². The number of carbonyl (C=O) groups is 2. The van der Waals surface area contributed by atoms with Crippen molar-refractivity contribution in [1.82, 2.24) is 10.2 Å². The first kappa shape index (κ1) is 8.48. The van der Waals surface area contributed by atoms with Gasteiger partial charge >= 0.3 is 0 Å². The minimum atomic E-state index is -0.288. The highest BCUT2D eigenvalue weighted by Gasteiger charge is 2.19. The van der Waals surface area contributed by atoms with E-state index in [2.05, 4.69) is 20.6 Å². The molecule has 0 aromatic carbocycles. The zero-order valence-corrected chi connectivity index (χ0v) is 7.07. The smallest absolute Gasteiger partial charge is 0.270 e. The van der Waals surface area contributed by atoms with E-state index in [-0.39, 0.29) is 24.7 Å². The molecule has 0 fully saturated rings. The van der Waals surface area contributed by atoms with E-state index in [1.54, 1.807) is 0 Å². The molecule has 72 valence electrons. The maximum absolute atomic E-state index is 11.0. The summed E-state index contributed by atoms with van der Waals surface area (Å²) in [5.74, 6) is -0.575. The highest BCUT2D eigenvalue weighted by atomic mass is 16.2. The molecular formula is C6H6N6O2. The second-order valence-electron chi connectivity index (χ2n) is 2.55. The molecule has 14 heavy (non-hydrogen) atoms. The summed E-state index contributed by atoms with van der Waals surface area (Å²) in [7, 11) is 0. The van der Waals surface area contributed by atoms with E-state index in [1.165, 1.54) is 12.4 Å². The van der Waals surface area contributed by atoms with Crippen LogP contribution in [0.2, 0.25) is 0 Å². The van der Waals surface area contributed by atoms with Gasteiger partial charge in [-0.3, -0.25) is 9.59 Å². The molecule has 0 aliphatic carbocycles. The van der Waals surface area contributed by atoms with E-state index in [0.29, 0.717) is 0 Å². The van der Waals surface area contributed by atoms with Gasteiger partial charge in [0.15, 0.2) is 0 Å². The van der Waals surface area contributed by atoms with Gasteiger partial charge in [0.2, 0.25) is 0 Å². The molecule has 0 bridgehead atoms. The second-order valence-corrected chi connectivity index (χ2v) is 2.55. The fraction of sp³-hybridized carbons (Fsp3) is 0.333. The number of amides is 2. The van der Waals surface area contributed by atoms with Crippen LogP contribution >= 0.6 is 0 Å². The molecule has 8 nitrogen and oxygen atoms in total. The van der Waals surface area contributed by atoms with Crippen LogP contribution in [0, 0.1) is 0 Å². The van der Waals surface area contributed by atoms with Crippen molar-refractivity contribution in [2.24, 2.45) is 20.6 Å². The van der Waals surface area contributed by atoms with Gasteiger partial charge in [-0.25, -0.2) is 0 Å². The highest BCUT2D eigenvalue weighted by Crippen LogP contribution is 2.07. The van der Waals surface area contributed by atoms with Crippen LogP contribution in [0.1, 0.15) is 12.8 Å². The van der Waals surface area contributed by atoms with Crippen molar-refractivity contribution in [3.05, 3.63) is 0 Å². The third-order valence-corrected chi connectivity index (χ3v) is 1.57. The summed E-state index contributed by atoms with van der Waals surface area (Å²) in [6.45, 7) is 0. The Morgan fingerprint density at radius 2 is 1.43 bits per heavy atom. The van der Waals surface area contributed by atoms with Gasteiger partial charge in [0.05, 0.1) is 12.8 Å². The van der Waals surface area contributed by atoms with Gasteiger partial charge in [-0.2, -0.15) is 10.2 Å². The fourth-order valence-corrected chi connectivity index (χ4v) is 0.906. The molecule has 0 aromatic heterocycles. The van der Waals surface area contributed by atoms with Crippen LogP contribution in [0.3, 0.4) is 0 Å². The second kappa shape index (κ2) is 3.32. The molecule has 2 aliphatic heterocycles. The van der Waals surface area contributed by atoms with Crippen LogP contribution in [0.15, 0.2) is 20.6 Å². The SMILES string of the molecule is O=C1CC=NN1/N=N/N1N=CCC1=O. The average molecular weight is 194 g/mol. The molecule has 2 heterocycles. The van der Waals surface area contributed by atoms with E-state index in [4.69, 9.17) is 0 Å². The lowest BCUT2D eigenvalue weighted by atomic mass is 10.5. The standard InChI is InChI=1S/C6H6N6O2/c13-5-1-3-7-11(5)9-10-12-6(14)2-4-8-12/h3-4H,1-2H2/b10-9+. The van der Waals surface area contributed by atoms with E-state index < -0.39 is 0 Å². The topological polar surface area (TPSA) is 90.1 Å². The minimum Gasteiger partial charge on any atom is -0.270 e. The molecule has 2 rings (SSSR count). The Kier molecular flexibility index (Phi) is 2.01. The predicted molar refractivity (Wildman–Crippen MR) is 44.8 cm³/mol. The van der Waals surface area contributed by atoms with Crippen molar-refractivity contribution in [2.45, 2.75) is 12.8 Å². The average Bonchev–Trinajstić information content (AvgIpc) is 2.72. The van der Waals surface area contributed by atoms with E-state index >= 15 is 0 Å². The number of nitrogens with zero attached hydrogens (tertiary/aromatic N) is 6. The Morgan fingerprint density at radius 3 is 1.71 bits per heavy atom. The molecular weight excluding hydrogens is 188 g/mol. The Balaban J connectivity index is 1.99. The third-order valence-electron chi connectivity index (χ3n) is 1.57. The van der Waals surface area contributed by atoms with Crippen LogP contribution < -0.4 is 0 Å². The Hall–Kier alpha value is -2.12. The first-order valence-corrected chi connectivity index (χ1v) is 3.90. The molecule has 0 unspecified atom stereocenters. The molecule has 8 heteroatoms. The van der Waals surface area contributed by atoms with Crippen molar-refractivity contribution < 1.29 is 9.59 Å². The number of hydrogen-bond donors (Lipinski definition) is 0. The summed E-state index contributed by atoms with van der Waals surface area (Å²) in [6.07, 6.45) is 3.24. The van der Waals surface area contributed by atoms with Crippen LogP contribution in [-0.4, -0.2) is 34.5 Å². The lowest BCUT2D eigenvalue weighted by Crippen LogP contribution is -2.17. The molecule has 0 atom stereocenters. The van der Waals surface area contributed by atoms with Crippen LogP contribution in [0.5, 0.6) is 0 Å². The largest absolute Gasteiger partial charge is 0.271 e. The van der Waals surface area contributed by atoms with Gasteiger partial charge in [0.25, 0.3) is 11.8 Å². The maximum atomic E-state index is 11.0. The minimum absolute atomic E-state index is 0.205. The van der Waals surface area contributed by atoms with Gasteiger partial charge in [0, 0.05) is 12.4 Å². The molecule has 2 amide bonds. The van der Waals surface area contributed by atoms with Gasteiger partial charge in [-0.15, -0.1) is 0 Å². The Labute approximate surface area is 78.5 Å². The van der Waals surface area contributed by atoms with Crippen LogP contribution in [0.25, 0.3) is 0 Å². The summed E-state index contributed by atoms with van der Waals surface area (Å²) >= 11 is 0. The lowest BCUT2D eigenvalue weighted by Gasteiger charge is -2.04. The quantitative estimate of drug-likeness (QED) is 0.565. The Bertz CT molecular complexity index is 325. The first-order valence-electron chi connectivity index (χ1n) is 3.90. The summed E-state index contributed by atoms with van der Waals surface area (Å²) in [6, 6.07) is 0. The predicted octanol–water partition coefficient (Wildman–Crippen LogP) is -0.295. The number of carbonyl (C=O) groups excluding carboxylic acids is 2. The zero-order valence-electron chi connectivity index (χ0n) is 7.07. The summed E-state index contributed by atoms with van der Waals surface area (Å²) in [5, 5.41) is 15.7. The van der Waals surface area contributed by atoms with Gasteiger partial charge in [-0.1, -0.05) is 10.2 Å². The number of hydrazone groups is 2. The fourth-order valence-electron chi connectivity index (χ4n) is 0.906. The molecule has 0 saturated heterocycles. The maximum Gasteiger partial charge on any atom is 0.271 e.